The highest BCUT2D eigenvalue weighted by atomic mass is 16.5. The van der Waals surface area contributed by atoms with Crippen LogP contribution in [0.3, 0.4) is 0 Å². The Balaban J connectivity index is 1.93. The van der Waals surface area contributed by atoms with Crippen LogP contribution in [0, 0.1) is 5.92 Å². The fourth-order valence-electron chi connectivity index (χ4n) is 3.54. The molecule has 0 aliphatic carbocycles. The van der Waals surface area contributed by atoms with Crippen molar-refractivity contribution in [2.45, 2.75) is 51.3 Å². The summed E-state index contributed by atoms with van der Waals surface area (Å²) < 4.78 is 5.59. The number of carbonyl (C=O) groups excluding carboxylic acids is 2. The standard InChI is InChI=1S/C19H28N2O3/c1-14(12-16-8-5-4-6-9-16)20-19(23)15(2)18(24-3)17-10-7-11-21(17)13-22/h4-6,8-9,13-15,17-18H,7,10-12H2,1-3H3,(H,20,23). The lowest BCUT2D eigenvalue weighted by Crippen LogP contribution is -2.49. The summed E-state index contributed by atoms with van der Waals surface area (Å²) in [4.78, 5) is 25.5. The van der Waals surface area contributed by atoms with Gasteiger partial charge in [-0.05, 0) is 31.7 Å². The quantitative estimate of drug-likeness (QED) is 0.741. The smallest absolute Gasteiger partial charge is 0.225 e. The molecule has 1 fully saturated rings. The van der Waals surface area contributed by atoms with Crippen molar-refractivity contribution < 1.29 is 14.3 Å². The lowest BCUT2D eigenvalue weighted by molar-refractivity contribution is -0.134. The Morgan fingerprint density at radius 3 is 2.71 bits per heavy atom. The van der Waals surface area contributed by atoms with Crippen LogP contribution in [0.15, 0.2) is 30.3 Å². The summed E-state index contributed by atoms with van der Waals surface area (Å²) in [7, 11) is 1.61. The molecule has 1 aliphatic heterocycles. The van der Waals surface area contributed by atoms with Crippen molar-refractivity contribution in [1.29, 1.82) is 0 Å². The molecule has 1 N–H and O–H groups in total. The topological polar surface area (TPSA) is 58.6 Å². The van der Waals surface area contributed by atoms with E-state index >= 15 is 0 Å². The zero-order chi connectivity index (χ0) is 17.5. The molecule has 5 nitrogen and oxygen atoms in total. The van der Waals surface area contributed by atoms with Crippen LogP contribution in [0.2, 0.25) is 0 Å². The van der Waals surface area contributed by atoms with Gasteiger partial charge in [0.15, 0.2) is 0 Å². The number of likely N-dealkylation sites (tertiary alicyclic amines) is 1. The zero-order valence-corrected chi connectivity index (χ0v) is 14.8. The molecular formula is C19H28N2O3. The first-order valence-electron chi connectivity index (χ1n) is 8.65. The lowest BCUT2D eigenvalue weighted by Gasteiger charge is -2.32. The number of hydrogen-bond acceptors (Lipinski definition) is 3. The SMILES string of the molecule is COC(C(C)C(=O)NC(C)Cc1ccccc1)C1CCCN1C=O. The van der Waals surface area contributed by atoms with E-state index in [0.29, 0.717) is 0 Å². The van der Waals surface area contributed by atoms with Gasteiger partial charge >= 0.3 is 0 Å². The van der Waals surface area contributed by atoms with Crippen LogP contribution >= 0.6 is 0 Å². The summed E-state index contributed by atoms with van der Waals surface area (Å²) in [6.07, 6.45) is 3.23. The van der Waals surface area contributed by atoms with Crippen molar-refractivity contribution >= 4 is 12.3 Å². The molecule has 1 aromatic rings. The minimum absolute atomic E-state index is 0.0160. The Hall–Kier alpha value is -1.88. The van der Waals surface area contributed by atoms with Crippen molar-refractivity contribution in [2.24, 2.45) is 5.92 Å². The fraction of sp³-hybridized carbons (Fsp3) is 0.579. The second kappa shape index (κ2) is 8.83. The molecule has 1 heterocycles. The van der Waals surface area contributed by atoms with Gasteiger partial charge in [0.1, 0.15) is 0 Å². The van der Waals surface area contributed by atoms with Crippen molar-refractivity contribution in [3.8, 4) is 0 Å². The molecule has 2 amide bonds. The van der Waals surface area contributed by atoms with Gasteiger partial charge in [0.2, 0.25) is 12.3 Å². The molecule has 2 rings (SSSR count). The predicted octanol–water partition coefficient (Wildman–Crippen LogP) is 2.01. The molecule has 24 heavy (non-hydrogen) atoms. The average Bonchev–Trinajstić information content (AvgIpc) is 3.04. The summed E-state index contributed by atoms with van der Waals surface area (Å²) in [6.45, 7) is 4.62. The van der Waals surface area contributed by atoms with E-state index in [0.717, 1.165) is 32.2 Å². The average molecular weight is 332 g/mol. The number of ether oxygens (including phenoxy) is 1. The molecular weight excluding hydrogens is 304 g/mol. The third-order valence-corrected chi connectivity index (χ3v) is 4.81. The maximum atomic E-state index is 12.6. The largest absolute Gasteiger partial charge is 0.378 e. The maximum Gasteiger partial charge on any atom is 0.225 e. The highest BCUT2D eigenvalue weighted by molar-refractivity contribution is 5.79. The second-order valence-corrected chi connectivity index (χ2v) is 6.64. The monoisotopic (exact) mass is 332 g/mol. The first-order valence-corrected chi connectivity index (χ1v) is 8.65. The first kappa shape index (κ1) is 18.5. The van der Waals surface area contributed by atoms with E-state index in [1.54, 1.807) is 12.0 Å². The second-order valence-electron chi connectivity index (χ2n) is 6.64. The van der Waals surface area contributed by atoms with Crippen molar-refractivity contribution in [3.63, 3.8) is 0 Å². The Bertz CT molecular complexity index is 535. The Kier molecular flexibility index (Phi) is 6.79. The number of benzene rings is 1. The maximum absolute atomic E-state index is 12.6. The van der Waals surface area contributed by atoms with Gasteiger partial charge in [0.05, 0.1) is 18.1 Å². The molecule has 4 unspecified atom stereocenters. The van der Waals surface area contributed by atoms with Gasteiger partial charge in [-0.1, -0.05) is 37.3 Å². The minimum Gasteiger partial charge on any atom is -0.378 e. The molecule has 0 aromatic heterocycles. The predicted molar refractivity (Wildman–Crippen MR) is 93.5 cm³/mol. The number of carbonyl (C=O) groups is 2. The van der Waals surface area contributed by atoms with Crippen molar-refractivity contribution in [1.82, 2.24) is 10.2 Å². The molecule has 1 aliphatic rings. The van der Waals surface area contributed by atoms with E-state index in [4.69, 9.17) is 4.74 Å². The van der Waals surface area contributed by atoms with Crippen LogP contribution in [0.4, 0.5) is 0 Å². The number of nitrogens with zero attached hydrogens (tertiary/aromatic N) is 1. The van der Waals surface area contributed by atoms with Crippen molar-refractivity contribution in [2.75, 3.05) is 13.7 Å². The van der Waals surface area contributed by atoms with E-state index < -0.39 is 0 Å². The van der Waals surface area contributed by atoms with Gasteiger partial charge < -0.3 is 15.0 Å². The molecule has 0 bridgehead atoms. The van der Waals surface area contributed by atoms with Gasteiger partial charge in [0.25, 0.3) is 0 Å². The summed E-state index contributed by atoms with van der Waals surface area (Å²) in [5.74, 6) is -0.332. The normalized spacial score (nSPS) is 21.1. The minimum atomic E-state index is -0.307. The van der Waals surface area contributed by atoms with E-state index in [-0.39, 0.29) is 30.0 Å². The molecule has 132 valence electrons. The number of hydrogen-bond donors (Lipinski definition) is 1. The highest BCUT2D eigenvalue weighted by Gasteiger charge is 2.37. The molecule has 0 spiro atoms. The number of nitrogens with one attached hydrogen (secondary N) is 1. The molecule has 0 radical (unpaired) electrons. The van der Waals surface area contributed by atoms with Crippen LogP contribution in [0.1, 0.15) is 32.3 Å². The third kappa shape index (κ3) is 4.57. The lowest BCUT2D eigenvalue weighted by atomic mass is 9.94. The van der Waals surface area contributed by atoms with Gasteiger partial charge in [-0.25, -0.2) is 0 Å². The van der Waals surface area contributed by atoms with Gasteiger partial charge in [-0.2, -0.15) is 0 Å². The first-order chi connectivity index (χ1) is 11.6. The van der Waals surface area contributed by atoms with Gasteiger partial charge in [-0.15, -0.1) is 0 Å². The van der Waals surface area contributed by atoms with Crippen LogP contribution in [0.25, 0.3) is 0 Å². The summed E-state index contributed by atoms with van der Waals surface area (Å²) in [5.41, 5.74) is 1.20. The van der Waals surface area contributed by atoms with Gasteiger partial charge in [0, 0.05) is 19.7 Å². The van der Waals surface area contributed by atoms with E-state index in [9.17, 15) is 9.59 Å². The Labute approximate surface area is 144 Å². The van der Waals surface area contributed by atoms with Crippen LogP contribution < -0.4 is 5.32 Å². The van der Waals surface area contributed by atoms with E-state index in [2.05, 4.69) is 17.4 Å². The molecule has 1 aromatic carbocycles. The van der Waals surface area contributed by atoms with Gasteiger partial charge in [-0.3, -0.25) is 9.59 Å². The van der Waals surface area contributed by atoms with E-state index in [1.165, 1.54) is 5.56 Å². The number of rotatable bonds is 8. The summed E-state index contributed by atoms with van der Waals surface area (Å²) in [5, 5.41) is 3.07. The van der Waals surface area contributed by atoms with Crippen LogP contribution in [-0.2, 0) is 20.7 Å². The Morgan fingerprint density at radius 2 is 2.08 bits per heavy atom. The van der Waals surface area contributed by atoms with Crippen LogP contribution in [-0.4, -0.2) is 49.1 Å². The highest BCUT2D eigenvalue weighted by Crippen LogP contribution is 2.25. The number of amides is 2. The molecule has 0 saturated carbocycles. The molecule has 1 saturated heterocycles. The molecule has 5 heteroatoms. The third-order valence-electron chi connectivity index (χ3n) is 4.81. The summed E-state index contributed by atoms with van der Waals surface area (Å²) in [6, 6.07) is 10.1. The Morgan fingerprint density at radius 1 is 1.38 bits per heavy atom. The van der Waals surface area contributed by atoms with E-state index in [1.807, 2.05) is 32.0 Å². The number of methoxy groups -OCH3 is 1. The van der Waals surface area contributed by atoms with Crippen molar-refractivity contribution in [3.05, 3.63) is 35.9 Å². The van der Waals surface area contributed by atoms with Crippen LogP contribution in [0.5, 0.6) is 0 Å². The fourth-order valence-corrected chi connectivity index (χ4v) is 3.54. The zero-order valence-electron chi connectivity index (χ0n) is 14.8. The summed E-state index contributed by atoms with van der Waals surface area (Å²) >= 11 is 0. The molecule has 4 atom stereocenters.